The predicted molar refractivity (Wildman–Crippen MR) is 120 cm³/mol. The topological polar surface area (TPSA) is 75.7 Å². The third-order valence-electron chi connectivity index (χ3n) is 4.17. The Labute approximate surface area is 177 Å². The number of rotatable bonds is 11. The van der Waals surface area contributed by atoms with Crippen LogP contribution >= 0.6 is 11.8 Å². The van der Waals surface area contributed by atoms with Gasteiger partial charge < -0.3 is 10.1 Å². The minimum Gasteiger partial charge on any atom is -0.497 e. The summed E-state index contributed by atoms with van der Waals surface area (Å²) < 4.78 is 30.5. The number of carbonyl (C=O) groups is 1. The fraction of sp³-hybridized carbons (Fsp3) is 0.381. The molecule has 158 valence electrons. The molecule has 0 aromatic heterocycles. The lowest BCUT2D eigenvalue weighted by Crippen LogP contribution is -2.40. The molecule has 1 amide bonds. The molecule has 0 aliphatic heterocycles. The van der Waals surface area contributed by atoms with Crippen LogP contribution < -0.4 is 14.4 Å². The Morgan fingerprint density at radius 2 is 1.93 bits per heavy atom. The zero-order valence-electron chi connectivity index (χ0n) is 17.1. The molecule has 0 bridgehead atoms. The first-order chi connectivity index (χ1) is 13.8. The molecule has 0 aliphatic carbocycles. The lowest BCUT2D eigenvalue weighted by Gasteiger charge is -2.22. The van der Waals surface area contributed by atoms with E-state index in [9.17, 15) is 13.2 Å². The summed E-state index contributed by atoms with van der Waals surface area (Å²) in [5, 5.41) is 2.80. The number of amides is 1. The highest BCUT2D eigenvalue weighted by Gasteiger charge is 2.21. The van der Waals surface area contributed by atoms with Gasteiger partial charge in [0.25, 0.3) is 0 Å². The molecule has 29 heavy (non-hydrogen) atoms. The number of ether oxygens (including phenoxy) is 1. The van der Waals surface area contributed by atoms with Crippen molar-refractivity contribution < 1.29 is 17.9 Å². The maximum absolute atomic E-state index is 12.3. The van der Waals surface area contributed by atoms with E-state index in [2.05, 4.69) is 36.5 Å². The Morgan fingerprint density at radius 1 is 1.17 bits per heavy atom. The van der Waals surface area contributed by atoms with Crippen LogP contribution in [0.1, 0.15) is 17.5 Å². The van der Waals surface area contributed by atoms with Crippen molar-refractivity contribution in [3.63, 3.8) is 0 Å². The molecule has 0 saturated heterocycles. The van der Waals surface area contributed by atoms with Crippen molar-refractivity contribution in [1.82, 2.24) is 5.32 Å². The van der Waals surface area contributed by atoms with Crippen LogP contribution in [0.3, 0.4) is 0 Å². The summed E-state index contributed by atoms with van der Waals surface area (Å²) in [6, 6.07) is 15.1. The first-order valence-electron chi connectivity index (χ1n) is 9.31. The minimum absolute atomic E-state index is 0.261. The third-order valence-corrected chi connectivity index (χ3v) is 6.42. The van der Waals surface area contributed by atoms with Gasteiger partial charge in [-0.1, -0.05) is 35.9 Å². The molecular formula is C21H28N2O4S2. The number of sulfonamides is 1. The van der Waals surface area contributed by atoms with Crippen molar-refractivity contribution >= 4 is 33.4 Å². The van der Waals surface area contributed by atoms with Gasteiger partial charge in [0.1, 0.15) is 12.3 Å². The van der Waals surface area contributed by atoms with Crippen molar-refractivity contribution in [2.45, 2.75) is 19.1 Å². The molecular weight excluding hydrogens is 408 g/mol. The maximum atomic E-state index is 12.3. The van der Waals surface area contributed by atoms with Crippen molar-refractivity contribution in [2.24, 2.45) is 0 Å². The van der Waals surface area contributed by atoms with Crippen LogP contribution in [0.2, 0.25) is 0 Å². The van der Waals surface area contributed by atoms with Crippen LogP contribution in [0.5, 0.6) is 5.75 Å². The number of carbonyl (C=O) groups excluding carboxylic acids is 1. The minimum atomic E-state index is -3.60. The van der Waals surface area contributed by atoms with Crippen molar-refractivity contribution in [3.8, 4) is 5.75 Å². The van der Waals surface area contributed by atoms with Crippen molar-refractivity contribution in [2.75, 3.05) is 36.5 Å². The number of nitrogens with zero attached hydrogens (tertiary/aromatic N) is 1. The van der Waals surface area contributed by atoms with Gasteiger partial charge >= 0.3 is 0 Å². The summed E-state index contributed by atoms with van der Waals surface area (Å²) in [6.07, 6.45) is 1.90. The van der Waals surface area contributed by atoms with E-state index in [0.29, 0.717) is 18.0 Å². The maximum Gasteiger partial charge on any atom is 0.240 e. The molecule has 0 saturated carbocycles. The lowest BCUT2D eigenvalue weighted by atomic mass is 10.2. The van der Waals surface area contributed by atoms with E-state index in [1.165, 1.54) is 18.2 Å². The Bertz CT molecular complexity index is 916. The molecule has 6 nitrogen and oxygen atoms in total. The summed E-state index contributed by atoms with van der Waals surface area (Å²) in [5.74, 6) is 2.05. The molecule has 0 heterocycles. The standard InChI is InChI=1S/C21H28N2O4S2/c1-17-7-4-8-18(13-17)16-28-12-6-11-22-21(24)15-23(29(3,25)26)19-9-5-10-20(14-19)27-2/h4-5,7-10,13-14H,6,11-12,15-16H2,1-3H3,(H,22,24). The molecule has 0 spiro atoms. The molecule has 0 aliphatic rings. The van der Waals surface area contributed by atoms with Crippen molar-refractivity contribution in [1.29, 1.82) is 0 Å². The first kappa shape index (κ1) is 23.1. The fourth-order valence-corrected chi connectivity index (χ4v) is 4.50. The number of benzene rings is 2. The summed E-state index contributed by atoms with van der Waals surface area (Å²) in [7, 11) is -2.09. The van der Waals surface area contributed by atoms with Crippen LogP contribution in [-0.2, 0) is 20.6 Å². The molecule has 0 atom stereocenters. The fourth-order valence-electron chi connectivity index (χ4n) is 2.75. The number of hydrogen-bond donors (Lipinski definition) is 1. The largest absolute Gasteiger partial charge is 0.497 e. The number of thioether (sulfide) groups is 1. The highest BCUT2D eigenvalue weighted by atomic mass is 32.2. The van der Waals surface area contributed by atoms with E-state index in [1.54, 1.807) is 24.3 Å². The molecule has 0 radical (unpaired) electrons. The van der Waals surface area contributed by atoms with Gasteiger partial charge in [0, 0.05) is 18.4 Å². The van der Waals surface area contributed by atoms with E-state index < -0.39 is 10.0 Å². The van der Waals surface area contributed by atoms with Crippen LogP contribution in [0.4, 0.5) is 5.69 Å². The number of nitrogens with one attached hydrogen (secondary N) is 1. The van der Waals surface area contributed by atoms with Gasteiger partial charge in [0.15, 0.2) is 0 Å². The van der Waals surface area contributed by atoms with Gasteiger partial charge in [-0.15, -0.1) is 0 Å². The lowest BCUT2D eigenvalue weighted by molar-refractivity contribution is -0.119. The van der Waals surface area contributed by atoms with E-state index in [-0.39, 0.29) is 12.5 Å². The normalized spacial score (nSPS) is 11.1. The number of methoxy groups -OCH3 is 1. The van der Waals surface area contributed by atoms with Crippen LogP contribution in [0.15, 0.2) is 48.5 Å². The summed E-state index contributed by atoms with van der Waals surface area (Å²) in [6.45, 7) is 2.33. The third kappa shape index (κ3) is 7.98. The molecule has 1 N–H and O–H groups in total. The molecule has 0 unspecified atom stereocenters. The van der Waals surface area contributed by atoms with E-state index in [4.69, 9.17) is 4.74 Å². The molecule has 2 rings (SSSR count). The Morgan fingerprint density at radius 3 is 2.62 bits per heavy atom. The SMILES string of the molecule is COc1cccc(N(CC(=O)NCCCSCc2cccc(C)c2)S(C)(=O)=O)c1. The molecule has 2 aromatic rings. The van der Waals surface area contributed by atoms with Crippen molar-refractivity contribution in [3.05, 3.63) is 59.7 Å². The predicted octanol–water partition coefficient (Wildman–Crippen LogP) is 3.21. The van der Waals surface area contributed by atoms with Gasteiger partial charge in [-0.3, -0.25) is 9.10 Å². The number of hydrogen-bond acceptors (Lipinski definition) is 5. The summed E-state index contributed by atoms with van der Waals surface area (Å²) >= 11 is 1.81. The first-order valence-corrected chi connectivity index (χ1v) is 12.3. The molecule has 2 aromatic carbocycles. The van der Waals surface area contributed by atoms with Gasteiger partial charge in [-0.2, -0.15) is 11.8 Å². The van der Waals surface area contributed by atoms with E-state index >= 15 is 0 Å². The second kappa shape index (κ2) is 11.1. The quantitative estimate of drug-likeness (QED) is 0.548. The average molecular weight is 437 g/mol. The van der Waals surface area contributed by atoms with Crippen LogP contribution in [-0.4, -0.2) is 46.5 Å². The Kier molecular flexibility index (Phi) is 8.85. The smallest absolute Gasteiger partial charge is 0.240 e. The van der Waals surface area contributed by atoms with Crippen LogP contribution in [0.25, 0.3) is 0 Å². The monoisotopic (exact) mass is 436 g/mol. The van der Waals surface area contributed by atoms with Crippen LogP contribution in [0, 0.1) is 6.92 Å². The number of anilines is 1. The summed E-state index contributed by atoms with van der Waals surface area (Å²) in [5.41, 5.74) is 2.94. The van der Waals surface area contributed by atoms with E-state index in [1.807, 2.05) is 11.8 Å². The Hall–Kier alpha value is -2.19. The molecule has 8 heteroatoms. The zero-order chi connectivity index (χ0) is 21.3. The Balaban J connectivity index is 1.78. The second-order valence-corrected chi connectivity index (χ2v) is 9.73. The highest BCUT2D eigenvalue weighted by molar-refractivity contribution is 7.98. The molecule has 0 fully saturated rings. The summed E-state index contributed by atoms with van der Waals surface area (Å²) in [4.78, 5) is 12.3. The highest BCUT2D eigenvalue weighted by Crippen LogP contribution is 2.22. The van der Waals surface area contributed by atoms with E-state index in [0.717, 1.165) is 28.5 Å². The second-order valence-electron chi connectivity index (χ2n) is 6.72. The van der Waals surface area contributed by atoms with Gasteiger partial charge in [0.2, 0.25) is 15.9 Å². The van der Waals surface area contributed by atoms with Gasteiger partial charge in [-0.25, -0.2) is 8.42 Å². The zero-order valence-corrected chi connectivity index (χ0v) is 18.7. The van der Waals surface area contributed by atoms with Gasteiger partial charge in [-0.05, 0) is 36.8 Å². The van der Waals surface area contributed by atoms with Gasteiger partial charge in [0.05, 0.1) is 19.1 Å². The number of aryl methyl sites for hydroxylation is 1. The average Bonchev–Trinajstić information content (AvgIpc) is 2.68.